The molecule has 2 aromatic rings. The number of likely N-dealkylation sites (tertiary alicyclic amines) is 1. The van der Waals surface area contributed by atoms with Gasteiger partial charge >= 0.3 is 0 Å². The summed E-state index contributed by atoms with van der Waals surface area (Å²) < 4.78 is 1.16. The molecule has 1 unspecified atom stereocenters. The largest absolute Gasteiger partial charge is 0.359 e. The predicted octanol–water partition coefficient (Wildman–Crippen LogP) is 0.171. The van der Waals surface area contributed by atoms with Crippen molar-refractivity contribution in [1.29, 1.82) is 0 Å². The van der Waals surface area contributed by atoms with Crippen molar-refractivity contribution in [3.63, 3.8) is 0 Å². The van der Waals surface area contributed by atoms with Gasteiger partial charge in [-0.1, -0.05) is 0 Å². The van der Waals surface area contributed by atoms with E-state index in [0.29, 0.717) is 13.1 Å². The summed E-state index contributed by atoms with van der Waals surface area (Å²) in [5, 5.41) is 5.42. The molecule has 3 heterocycles. The molecule has 0 aromatic carbocycles. The van der Waals surface area contributed by atoms with E-state index < -0.39 is 5.56 Å². The fraction of sp³-hybridized carbons (Fsp3) is 0.471. The van der Waals surface area contributed by atoms with Crippen molar-refractivity contribution >= 4 is 11.8 Å². The van der Waals surface area contributed by atoms with Gasteiger partial charge in [-0.25, -0.2) is 9.97 Å². The van der Waals surface area contributed by atoms with Gasteiger partial charge in [-0.2, -0.15) is 4.68 Å². The van der Waals surface area contributed by atoms with Crippen LogP contribution in [-0.4, -0.2) is 56.6 Å². The fourth-order valence-electron chi connectivity index (χ4n) is 3.21. The Morgan fingerprint density at radius 3 is 2.58 bits per heavy atom. The van der Waals surface area contributed by atoms with Crippen LogP contribution in [0.15, 0.2) is 16.9 Å². The third-order valence-corrected chi connectivity index (χ3v) is 4.45. The molecule has 2 aromatic heterocycles. The molecule has 1 aliphatic rings. The summed E-state index contributed by atoms with van der Waals surface area (Å²) in [4.78, 5) is 47.0. The number of hydrogen-bond donors (Lipinski definition) is 2. The van der Waals surface area contributed by atoms with E-state index in [1.165, 1.54) is 6.07 Å². The molecule has 26 heavy (non-hydrogen) atoms. The molecule has 9 nitrogen and oxygen atoms in total. The lowest BCUT2D eigenvalue weighted by atomic mass is 9.97. The van der Waals surface area contributed by atoms with Crippen LogP contribution >= 0.6 is 0 Å². The number of rotatable bonds is 3. The van der Waals surface area contributed by atoms with Gasteiger partial charge in [0.1, 0.15) is 5.69 Å². The Hall–Kier alpha value is -2.97. The number of aryl methyl sites for hydroxylation is 2. The van der Waals surface area contributed by atoms with Crippen LogP contribution in [0.4, 0.5) is 0 Å². The zero-order valence-electron chi connectivity index (χ0n) is 15.1. The van der Waals surface area contributed by atoms with Crippen LogP contribution in [0.1, 0.15) is 34.7 Å². The number of carbonyl (C=O) groups is 2. The minimum Gasteiger partial charge on any atom is -0.359 e. The number of nitrogens with zero attached hydrogens (tertiary/aromatic N) is 4. The molecule has 9 heteroatoms. The van der Waals surface area contributed by atoms with Gasteiger partial charge in [0.25, 0.3) is 17.4 Å². The third-order valence-electron chi connectivity index (χ3n) is 4.45. The molecule has 0 radical (unpaired) electrons. The zero-order chi connectivity index (χ0) is 18.8. The second-order valence-electron chi connectivity index (χ2n) is 6.50. The topological polar surface area (TPSA) is 113 Å². The van der Waals surface area contributed by atoms with Gasteiger partial charge in [0, 0.05) is 37.6 Å². The Balaban J connectivity index is 1.85. The summed E-state index contributed by atoms with van der Waals surface area (Å²) in [6, 6.07) is 3.04. The first kappa shape index (κ1) is 17.8. The lowest BCUT2D eigenvalue weighted by molar-refractivity contribution is -0.125. The number of H-pyrrole nitrogens is 1. The van der Waals surface area contributed by atoms with Crippen LogP contribution in [0.3, 0.4) is 0 Å². The maximum Gasteiger partial charge on any atom is 0.274 e. The number of aromatic nitrogens is 4. The lowest BCUT2D eigenvalue weighted by Gasteiger charge is -2.31. The number of amides is 2. The highest BCUT2D eigenvalue weighted by Crippen LogP contribution is 2.18. The smallest absolute Gasteiger partial charge is 0.274 e. The van der Waals surface area contributed by atoms with E-state index in [1.807, 2.05) is 13.8 Å². The highest BCUT2D eigenvalue weighted by molar-refractivity contribution is 5.92. The van der Waals surface area contributed by atoms with Crippen LogP contribution in [-0.2, 0) is 4.79 Å². The Morgan fingerprint density at radius 2 is 1.92 bits per heavy atom. The van der Waals surface area contributed by atoms with Gasteiger partial charge in [0.2, 0.25) is 5.91 Å². The molecule has 1 aliphatic heterocycles. The molecule has 3 rings (SSSR count). The Labute approximate surface area is 150 Å². The second kappa shape index (κ2) is 7.11. The molecular formula is C17H22N6O3. The van der Waals surface area contributed by atoms with Crippen LogP contribution in [0, 0.1) is 19.8 Å². The molecule has 138 valence electrons. The highest BCUT2D eigenvalue weighted by atomic mass is 16.2. The van der Waals surface area contributed by atoms with Gasteiger partial charge < -0.3 is 10.2 Å². The van der Waals surface area contributed by atoms with Crippen molar-refractivity contribution in [2.75, 3.05) is 20.1 Å². The van der Waals surface area contributed by atoms with Gasteiger partial charge in [0.15, 0.2) is 0 Å². The van der Waals surface area contributed by atoms with Crippen LogP contribution in [0.2, 0.25) is 0 Å². The number of nitrogens with one attached hydrogen (secondary N) is 2. The van der Waals surface area contributed by atoms with Crippen molar-refractivity contribution in [2.24, 2.45) is 5.92 Å². The van der Waals surface area contributed by atoms with Gasteiger partial charge in [0.05, 0.1) is 5.92 Å². The van der Waals surface area contributed by atoms with E-state index in [0.717, 1.165) is 28.9 Å². The first-order valence-electron chi connectivity index (χ1n) is 8.54. The van der Waals surface area contributed by atoms with Crippen LogP contribution in [0.25, 0.3) is 5.95 Å². The van der Waals surface area contributed by atoms with E-state index in [2.05, 4.69) is 20.4 Å². The molecule has 2 N–H and O–H groups in total. The van der Waals surface area contributed by atoms with Crippen molar-refractivity contribution in [3.8, 4) is 5.95 Å². The molecule has 1 saturated heterocycles. The van der Waals surface area contributed by atoms with E-state index in [4.69, 9.17) is 0 Å². The standard InChI is InChI=1S/C17H22N6O3/c1-10-7-11(2)20-17(19-10)23-14(24)8-13(21-23)16(26)22-6-4-5-12(9-22)15(25)18-3/h7-8,12,21H,4-6,9H2,1-3H3,(H,18,25). The Morgan fingerprint density at radius 1 is 1.23 bits per heavy atom. The molecule has 1 atom stereocenters. The van der Waals surface area contributed by atoms with Crippen molar-refractivity contribution < 1.29 is 9.59 Å². The number of carbonyl (C=O) groups excluding carboxylic acids is 2. The minimum absolute atomic E-state index is 0.0720. The molecule has 2 amide bonds. The van der Waals surface area contributed by atoms with Gasteiger partial charge in [-0.3, -0.25) is 19.5 Å². The summed E-state index contributed by atoms with van der Waals surface area (Å²) in [7, 11) is 1.59. The number of aromatic amines is 1. The summed E-state index contributed by atoms with van der Waals surface area (Å²) in [6.07, 6.45) is 1.49. The van der Waals surface area contributed by atoms with E-state index in [-0.39, 0.29) is 29.4 Å². The zero-order valence-corrected chi connectivity index (χ0v) is 15.1. The quantitative estimate of drug-likeness (QED) is 0.812. The summed E-state index contributed by atoms with van der Waals surface area (Å²) in [5.74, 6) is -0.404. The molecule has 0 spiro atoms. The minimum atomic E-state index is -0.404. The van der Waals surface area contributed by atoms with Crippen molar-refractivity contribution in [1.82, 2.24) is 30.0 Å². The summed E-state index contributed by atoms with van der Waals surface area (Å²) >= 11 is 0. The summed E-state index contributed by atoms with van der Waals surface area (Å²) in [5.41, 5.74) is 1.21. The van der Waals surface area contributed by atoms with E-state index in [1.54, 1.807) is 18.0 Å². The average molecular weight is 358 g/mol. The molecule has 0 saturated carbocycles. The molecule has 0 bridgehead atoms. The Bertz CT molecular complexity index is 880. The predicted molar refractivity (Wildman–Crippen MR) is 94.1 cm³/mol. The van der Waals surface area contributed by atoms with E-state index >= 15 is 0 Å². The molecular weight excluding hydrogens is 336 g/mol. The molecule has 0 aliphatic carbocycles. The van der Waals surface area contributed by atoms with Crippen LogP contribution < -0.4 is 10.9 Å². The monoisotopic (exact) mass is 358 g/mol. The second-order valence-corrected chi connectivity index (χ2v) is 6.50. The average Bonchev–Trinajstić information content (AvgIpc) is 3.01. The maximum absolute atomic E-state index is 12.8. The first-order valence-corrected chi connectivity index (χ1v) is 8.54. The van der Waals surface area contributed by atoms with Crippen molar-refractivity contribution in [3.05, 3.63) is 39.6 Å². The van der Waals surface area contributed by atoms with Crippen molar-refractivity contribution in [2.45, 2.75) is 26.7 Å². The number of piperidine rings is 1. The molecule has 1 fully saturated rings. The number of hydrogen-bond acceptors (Lipinski definition) is 5. The first-order chi connectivity index (χ1) is 12.4. The lowest BCUT2D eigenvalue weighted by Crippen LogP contribution is -2.45. The van der Waals surface area contributed by atoms with Gasteiger partial charge in [-0.05, 0) is 32.8 Å². The maximum atomic E-state index is 12.8. The van der Waals surface area contributed by atoms with E-state index in [9.17, 15) is 14.4 Å². The van der Waals surface area contributed by atoms with Crippen LogP contribution in [0.5, 0.6) is 0 Å². The summed E-state index contributed by atoms with van der Waals surface area (Å²) in [6.45, 7) is 4.51. The Kier molecular flexibility index (Phi) is 4.88. The normalized spacial score (nSPS) is 17.2. The fourth-order valence-corrected chi connectivity index (χ4v) is 3.21. The SMILES string of the molecule is CNC(=O)C1CCCN(C(=O)c2cc(=O)n(-c3nc(C)cc(C)n3)[nH]2)C1. The third kappa shape index (κ3) is 3.51. The van der Waals surface area contributed by atoms with Gasteiger partial charge in [-0.15, -0.1) is 0 Å². The highest BCUT2D eigenvalue weighted by Gasteiger charge is 2.29.